The first kappa shape index (κ1) is 11.9. The van der Waals surface area contributed by atoms with Crippen molar-refractivity contribution >= 4 is 5.69 Å². The Labute approximate surface area is 102 Å². The maximum absolute atomic E-state index is 8.68. The highest BCUT2D eigenvalue weighted by molar-refractivity contribution is 5.47. The molecule has 1 aromatic carbocycles. The van der Waals surface area contributed by atoms with E-state index >= 15 is 0 Å². The highest BCUT2D eigenvalue weighted by atomic mass is 16.5. The van der Waals surface area contributed by atoms with Crippen LogP contribution in [0.25, 0.3) is 0 Å². The second-order valence-corrected chi connectivity index (χ2v) is 4.10. The summed E-state index contributed by atoms with van der Waals surface area (Å²) in [6.45, 7) is 3.59. The molecule has 1 aliphatic heterocycles. The number of benzene rings is 1. The molecule has 1 aromatic rings. The molecular formula is C13H17N3O. The molecule has 1 unspecified atom stereocenters. The summed E-state index contributed by atoms with van der Waals surface area (Å²) in [5, 5.41) is 15.3. The number of rotatable bonds is 4. The third-order valence-corrected chi connectivity index (χ3v) is 2.81. The van der Waals surface area contributed by atoms with Crippen LogP contribution in [-0.4, -0.2) is 32.3 Å². The number of hydrogen-bond donors (Lipinski definition) is 2. The van der Waals surface area contributed by atoms with Gasteiger partial charge in [-0.15, -0.1) is 0 Å². The van der Waals surface area contributed by atoms with Gasteiger partial charge in [0.15, 0.2) is 0 Å². The minimum absolute atomic E-state index is 0.314. The van der Waals surface area contributed by atoms with E-state index in [2.05, 4.69) is 16.7 Å². The normalized spacial score (nSPS) is 19.6. The quantitative estimate of drug-likeness (QED) is 0.821. The van der Waals surface area contributed by atoms with Crippen LogP contribution in [0.15, 0.2) is 24.3 Å². The molecule has 2 rings (SSSR count). The number of nitriles is 1. The maximum atomic E-state index is 8.68. The van der Waals surface area contributed by atoms with E-state index in [1.807, 2.05) is 24.3 Å². The van der Waals surface area contributed by atoms with E-state index in [4.69, 9.17) is 10.00 Å². The van der Waals surface area contributed by atoms with Gasteiger partial charge in [0.25, 0.3) is 0 Å². The SMILES string of the molecule is N#Cc1ccc(NCCC2CNCCO2)cc1. The zero-order chi connectivity index (χ0) is 11.9. The number of anilines is 1. The van der Waals surface area contributed by atoms with Crippen LogP contribution < -0.4 is 10.6 Å². The molecule has 0 bridgehead atoms. The summed E-state index contributed by atoms with van der Waals surface area (Å²) in [6, 6.07) is 9.60. The van der Waals surface area contributed by atoms with Gasteiger partial charge in [-0.1, -0.05) is 0 Å². The molecule has 0 aromatic heterocycles. The first-order valence-electron chi connectivity index (χ1n) is 5.95. The molecule has 4 nitrogen and oxygen atoms in total. The Bertz CT molecular complexity index is 377. The van der Waals surface area contributed by atoms with Crippen LogP contribution in [0, 0.1) is 11.3 Å². The molecule has 0 saturated carbocycles. The van der Waals surface area contributed by atoms with Gasteiger partial charge in [-0.05, 0) is 30.7 Å². The van der Waals surface area contributed by atoms with Crippen molar-refractivity contribution in [2.45, 2.75) is 12.5 Å². The van der Waals surface area contributed by atoms with Crippen LogP contribution in [0.5, 0.6) is 0 Å². The largest absolute Gasteiger partial charge is 0.385 e. The predicted octanol–water partition coefficient (Wildman–Crippen LogP) is 1.35. The molecular weight excluding hydrogens is 214 g/mol. The minimum atomic E-state index is 0.314. The molecule has 1 aliphatic rings. The standard InChI is InChI=1S/C13H17N3O/c14-9-11-1-3-12(4-2-11)16-6-5-13-10-15-7-8-17-13/h1-4,13,15-16H,5-8,10H2. The predicted molar refractivity (Wildman–Crippen MR) is 66.9 cm³/mol. The van der Waals surface area contributed by atoms with E-state index in [0.29, 0.717) is 11.7 Å². The van der Waals surface area contributed by atoms with Crippen molar-refractivity contribution < 1.29 is 4.74 Å². The Morgan fingerprint density at radius 3 is 2.88 bits per heavy atom. The number of nitrogens with one attached hydrogen (secondary N) is 2. The third kappa shape index (κ3) is 3.74. The Morgan fingerprint density at radius 2 is 2.24 bits per heavy atom. The molecule has 0 amide bonds. The first-order valence-corrected chi connectivity index (χ1v) is 5.95. The van der Waals surface area contributed by atoms with Crippen LogP contribution in [0.3, 0.4) is 0 Å². The van der Waals surface area contributed by atoms with Crippen molar-refractivity contribution in [3.63, 3.8) is 0 Å². The number of hydrogen-bond acceptors (Lipinski definition) is 4. The van der Waals surface area contributed by atoms with Crippen molar-refractivity contribution in [2.75, 3.05) is 31.6 Å². The average Bonchev–Trinajstić information content (AvgIpc) is 2.41. The van der Waals surface area contributed by atoms with E-state index in [-0.39, 0.29) is 0 Å². The van der Waals surface area contributed by atoms with Gasteiger partial charge >= 0.3 is 0 Å². The highest BCUT2D eigenvalue weighted by Crippen LogP contribution is 2.09. The summed E-state index contributed by atoms with van der Waals surface area (Å²) >= 11 is 0. The monoisotopic (exact) mass is 231 g/mol. The highest BCUT2D eigenvalue weighted by Gasteiger charge is 2.12. The van der Waals surface area contributed by atoms with Crippen molar-refractivity contribution in [3.8, 4) is 6.07 Å². The number of ether oxygens (including phenoxy) is 1. The van der Waals surface area contributed by atoms with E-state index in [9.17, 15) is 0 Å². The molecule has 0 aliphatic carbocycles. The second kappa shape index (κ2) is 6.24. The zero-order valence-corrected chi connectivity index (χ0v) is 9.78. The van der Waals surface area contributed by atoms with Gasteiger partial charge in [0.1, 0.15) is 0 Å². The first-order chi connectivity index (χ1) is 8.38. The fraction of sp³-hybridized carbons (Fsp3) is 0.462. The minimum Gasteiger partial charge on any atom is -0.385 e. The molecule has 1 heterocycles. The van der Waals surface area contributed by atoms with Gasteiger partial charge < -0.3 is 15.4 Å². The lowest BCUT2D eigenvalue weighted by Gasteiger charge is -2.23. The summed E-state index contributed by atoms with van der Waals surface area (Å²) in [5.74, 6) is 0. The lowest BCUT2D eigenvalue weighted by Crippen LogP contribution is -2.39. The molecule has 4 heteroatoms. The summed E-state index contributed by atoms with van der Waals surface area (Å²) in [7, 11) is 0. The number of nitrogens with zero attached hydrogens (tertiary/aromatic N) is 1. The van der Waals surface area contributed by atoms with Gasteiger partial charge in [-0.25, -0.2) is 0 Å². The Hall–Kier alpha value is -1.57. The van der Waals surface area contributed by atoms with Gasteiger partial charge in [0.05, 0.1) is 24.3 Å². The molecule has 1 fully saturated rings. The topological polar surface area (TPSA) is 57.1 Å². The molecule has 90 valence electrons. The van der Waals surface area contributed by atoms with Crippen LogP contribution in [0.2, 0.25) is 0 Å². The van der Waals surface area contributed by atoms with Gasteiger partial charge in [0.2, 0.25) is 0 Å². The Kier molecular flexibility index (Phi) is 4.37. The summed E-state index contributed by atoms with van der Waals surface area (Å²) in [5.41, 5.74) is 1.74. The zero-order valence-electron chi connectivity index (χ0n) is 9.78. The van der Waals surface area contributed by atoms with Crippen LogP contribution >= 0.6 is 0 Å². The molecule has 0 radical (unpaired) electrons. The summed E-state index contributed by atoms with van der Waals surface area (Å²) in [4.78, 5) is 0. The van der Waals surface area contributed by atoms with Crippen LogP contribution in [0.4, 0.5) is 5.69 Å². The molecule has 17 heavy (non-hydrogen) atoms. The van der Waals surface area contributed by atoms with Crippen molar-refractivity contribution in [2.24, 2.45) is 0 Å². The molecule has 1 saturated heterocycles. The smallest absolute Gasteiger partial charge is 0.0991 e. The molecule has 1 atom stereocenters. The van der Waals surface area contributed by atoms with E-state index < -0.39 is 0 Å². The van der Waals surface area contributed by atoms with Crippen LogP contribution in [0.1, 0.15) is 12.0 Å². The van der Waals surface area contributed by atoms with E-state index in [0.717, 1.165) is 38.3 Å². The third-order valence-electron chi connectivity index (χ3n) is 2.81. The second-order valence-electron chi connectivity index (χ2n) is 4.10. The van der Waals surface area contributed by atoms with Gasteiger partial charge in [-0.2, -0.15) is 5.26 Å². The van der Waals surface area contributed by atoms with Crippen molar-refractivity contribution in [3.05, 3.63) is 29.8 Å². The maximum Gasteiger partial charge on any atom is 0.0991 e. The number of morpholine rings is 1. The van der Waals surface area contributed by atoms with Crippen molar-refractivity contribution in [1.29, 1.82) is 5.26 Å². The fourth-order valence-corrected chi connectivity index (χ4v) is 1.85. The lowest BCUT2D eigenvalue weighted by atomic mass is 10.2. The molecule has 2 N–H and O–H groups in total. The summed E-state index contributed by atoms with van der Waals surface area (Å²) < 4.78 is 5.61. The van der Waals surface area contributed by atoms with Gasteiger partial charge in [-0.3, -0.25) is 0 Å². The van der Waals surface area contributed by atoms with Gasteiger partial charge in [0, 0.05) is 25.3 Å². The van der Waals surface area contributed by atoms with E-state index in [1.165, 1.54) is 0 Å². The Morgan fingerprint density at radius 1 is 1.41 bits per heavy atom. The van der Waals surface area contributed by atoms with Crippen molar-refractivity contribution in [1.82, 2.24) is 5.32 Å². The average molecular weight is 231 g/mol. The van der Waals surface area contributed by atoms with Crippen LogP contribution in [-0.2, 0) is 4.74 Å². The lowest BCUT2D eigenvalue weighted by molar-refractivity contribution is 0.0258. The van der Waals surface area contributed by atoms with E-state index in [1.54, 1.807) is 0 Å². The fourth-order valence-electron chi connectivity index (χ4n) is 1.85. The molecule has 0 spiro atoms. The Balaban J connectivity index is 1.72. The summed E-state index contributed by atoms with van der Waals surface area (Å²) in [6.07, 6.45) is 1.31.